The van der Waals surface area contributed by atoms with Crippen LogP contribution in [0.5, 0.6) is 11.5 Å². The average molecular weight is 417 g/mol. The molecule has 3 rings (SSSR count). The molecule has 1 aliphatic carbocycles. The van der Waals surface area contributed by atoms with Crippen LogP contribution in [-0.4, -0.2) is 31.2 Å². The summed E-state index contributed by atoms with van der Waals surface area (Å²) >= 11 is 1.68. The van der Waals surface area contributed by atoms with Crippen molar-refractivity contribution in [3.05, 3.63) is 39.8 Å². The Kier molecular flexibility index (Phi) is 7.75. The van der Waals surface area contributed by atoms with Gasteiger partial charge in [0.1, 0.15) is 5.01 Å². The van der Waals surface area contributed by atoms with Crippen LogP contribution in [0.25, 0.3) is 0 Å². The topological polar surface area (TPSA) is 67.8 Å². The summed E-state index contributed by atoms with van der Waals surface area (Å²) < 4.78 is 11.7. The Hall–Kier alpha value is -2.28. The van der Waals surface area contributed by atoms with Gasteiger partial charge in [-0.15, -0.1) is 11.3 Å². The van der Waals surface area contributed by atoms with Crippen LogP contribution in [0.1, 0.15) is 61.7 Å². The number of hydrogen-bond acceptors (Lipinski definition) is 5. The zero-order valence-electron chi connectivity index (χ0n) is 17.8. The van der Waals surface area contributed by atoms with Crippen molar-refractivity contribution in [3.63, 3.8) is 0 Å². The number of benzene rings is 1. The van der Waals surface area contributed by atoms with Crippen LogP contribution in [0.4, 0.5) is 0 Å². The first-order valence-electron chi connectivity index (χ1n) is 10.3. The molecule has 1 aliphatic rings. The second-order valence-electron chi connectivity index (χ2n) is 7.61. The Bertz CT molecular complexity index is 813. The Morgan fingerprint density at radius 2 is 1.97 bits per heavy atom. The number of guanidine groups is 1. The minimum atomic E-state index is 0.318. The van der Waals surface area contributed by atoms with Crippen molar-refractivity contribution in [2.24, 2.45) is 4.99 Å². The third-order valence-electron chi connectivity index (χ3n) is 5.08. The first kappa shape index (κ1) is 21.4. The Balaban J connectivity index is 1.52. The first-order chi connectivity index (χ1) is 14.1. The monoisotopic (exact) mass is 416 g/mol. The van der Waals surface area contributed by atoms with Crippen LogP contribution in [0.15, 0.2) is 28.6 Å². The number of aromatic nitrogens is 1. The fourth-order valence-electron chi connectivity index (χ4n) is 3.34. The van der Waals surface area contributed by atoms with Crippen molar-refractivity contribution < 1.29 is 9.47 Å². The average Bonchev–Trinajstić information content (AvgIpc) is 3.41. The number of thiazole rings is 1. The summed E-state index contributed by atoms with van der Waals surface area (Å²) in [6.07, 6.45) is 5.08. The third-order valence-corrected chi connectivity index (χ3v) is 5.94. The maximum atomic E-state index is 6.12. The lowest BCUT2D eigenvalue weighted by atomic mass is 10.2. The number of rotatable bonds is 8. The largest absolute Gasteiger partial charge is 0.493 e. The molecule has 1 saturated carbocycles. The van der Waals surface area contributed by atoms with Gasteiger partial charge in [0, 0.05) is 19.0 Å². The number of nitrogens with one attached hydrogen (secondary N) is 2. The molecule has 0 radical (unpaired) electrons. The summed E-state index contributed by atoms with van der Waals surface area (Å²) in [7, 11) is 3.46. The highest BCUT2D eigenvalue weighted by Crippen LogP contribution is 2.32. The van der Waals surface area contributed by atoms with Crippen LogP contribution in [0.3, 0.4) is 0 Å². The third kappa shape index (κ3) is 6.10. The van der Waals surface area contributed by atoms with Gasteiger partial charge >= 0.3 is 0 Å². The summed E-state index contributed by atoms with van der Waals surface area (Å²) in [4.78, 5) is 8.96. The normalized spacial score (nSPS) is 15.0. The van der Waals surface area contributed by atoms with Gasteiger partial charge < -0.3 is 20.1 Å². The van der Waals surface area contributed by atoms with E-state index in [4.69, 9.17) is 9.47 Å². The highest BCUT2D eigenvalue weighted by molar-refractivity contribution is 7.09. The molecular formula is C22H32N4O2S. The van der Waals surface area contributed by atoms with Crippen molar-refractivity contribution in [1.29, 1.82) is 0 Å². The van der Waals surface area contributed by atoms with E-state index in [1.54, 1.807) is 25.5 Å². The van der Waals surface area contributed by atoms with Gasteiger partial charge in [-0.05, 0) is 49.3 Å². The highest BCUT2D eigenvalue weighted by Gasteiger charge is 2.18. The molecule has 0 unspecified atom stereocenters. The van der Waals surface area contributed by atoms with Crippen molar-refractivity contribution in [2.45, 2.75) is 64.6 Å². The molecule has 2 aromatic rings. The Morgan fingerprint density at radius 1 is 1.21 bits per heavy atom. The minimum Gasteiger partial charge on any atom is -0.493 e. The van der Waals surface area contributed by atoms with Crippen LogP contribution in [-0.2, 0) is 13.1 Å². The van der Waals surface area contributed by atoms with E-state index >= 15 is 0 Å². The number of methoxy groups -OCH3 is 1. The van der Waals surface area contributed by atoms with E-state index in [2.05, 4.69) is 45.9 Å². The fourth-order valence-corrected chi connectivity index (χ4v) is 4.24. The summed E-state index contributed by atoms with van der Waals surface area (Å²) in [5.41, 5.74) is 2.25. The lowest BCUT2D eigenvalue weighted by Gasteiger charge is -2.17. The predicted molar refractivity (Wildman–Crippen MR) is 119 cm³/mol. The molecule has 0 saturated heterocycles. The number of ether oxygens (including phenoxy) is 2. The summed E-state index contributed by atoms with van der Waals surface area (Å²) in [5.74, 6) is 2.81. The maximum Gasteiger partial charge on any atom is 0.191 e. The fraction of sp³-hybridized carbons (Fsp3) is 0.545. The molecule has 0 aliphatic heterocycles. The Morgan fingerprint density at radius 3 is 2.62 bits per heavy atom. The highest BCUT2D eigenvalue weighted by atomic mass is 32.1. The number of aliphatic imine (C=N–C) groups is 1. The molecule has 1 heterocycles. The van der Waals surface area contributed by atoms with Crippen molar-refractivity contribution in [1.82, 2.24) is 15.6 Å². The molecule has 0 amide bonds. The number of nitrogens with zero attached hydrogens (tertiary/aromatic N) is 2. The van der Waals surface area contributed by atoms with Gasteiger partial charge in [0.15, 0.2) is 17.5 Å². The van der Waals surface area contributed by atoms with Gasteiger partial charge in [-0.25, -0.2) is 4.98 Å². The molecule has 6 nitrogen and oxygen atoms in total. The van der Waals surface area contributed by atoms with Gasteiger partial charge in [0.25, 0.3) is 0 Å². The van der Waals surface area contributed by atoms with E-state index in [9.17, 15) is 0 Å². The second-order valence-corrected chi connectivity index (χ2v) is 8.55. The van der Waals surface area contributed by atoms with Crippen LogP contribution in [0, 0.1) is 0 Å². The molecule has 0 atom stereocenters. The molecule has 0 bridgehead atoms. The van der Waals surface area contributed by atoms with Gasteiger partial charge in [-0.3, -0.25) is 4.99 Å². The lowest BCUT2D eigenvalue weighted by Crippen LogP contribution is -2.36. The lowest BCUT2D eigenvalue weighted by molar-refractivity contribution is 0.200. The van der Waals surface area contributed by atoms with E-state index < -0.39 is 0 Å². The zero-order chi connectivity index (χ0) is 20.6. The quantitative estimate of drug-likeness (QED) is 0.491. The molecule has 158 valence electrons. The van der Waals surface area contributed by atoms with E-state index in [0.717, 1.165) is 46.6 Å². The van der Waals surface area contributed by atoms with Gasteiger partial charge in [0.2, 0.25) is 0 Å². The van der Waals surface area contributed by atoms with Crippen molar-refractivity contribution in [2.75, 3.05) is 14.2 Å². The van der Waals surface area contributed by atoms with Gasteiger partial charge in [-0.1, -0.05) is 19.9 Å². The second kappa shape index (κ2) is 10.5. The number of hydrogen-bond donors (Lipinski definition) is 2. The molecule has 29 heavy (non-hydrogen) atoms. The maximum absolute atomic E-state index is 6.12. The van der Waals surface area contributed by atoms with E-state index in [-0.39, 0.29) is 0 Å². The van der Waals surface area contributed by atoms with Gasteiger partial charge in [0.05, 0.1) is 25.5 Å². The zero-order valence-corrected chi connectivity index (χ0v) is 18.6. The molecule has 1 aromatic carbocycles. The van der Waals surface area contributed by atoms with Crippen LogP contribution < -0.4 is 20.1 Å². The molecule has 7 heteroatoms. The van der Waals surface area contributed by atoms with E-state index in [0.29, 0.717) is 25.1 Å². The van der Waals surface area contributed by atoms with Gasteiger partial charge in [-0.2, -0.15) is 0 Å². The molecule has 2 N–H and O–H groups in total. The van der Waals surface area contributed by atoms with Crippen molar-refractivity contribution in [3.8, 4) is 11.5 Å². The molecule has 1 fully saturated rings. The SMILES string of the molecule is CN=C(NCc1ccc(OC2CCCC2)c(OC)c1)NCc1nc(C(C)C)cs1. The molecule has 0 spiro atoms. The van der Waals surface area contributed by atoms with Crippen LogP contribution in [0.2, 0.25) is 0 Å². The Labute approximate surface area is 177 Å². The predicted octanol–water partition coefficient (Wildman–Crippen LogP) is 4.46. The minimum absolute atomic E-state index is 0.318. The smallest absolute Gasteiger partial charge is 0.191 e. The first-order valence-corrected chi connectivity index (χ1v) is 11.2. The summed E-state index contributed by atoms with van der Waals surface area (Å²) in [6.45, 7) is 5.62. The summed E-state index contributed by atoms with van der Waals surface area (Å²) in [6, 6.07) is 6.11. The standard InChI is InChI=1S/C22H32N4O2S/c1-15(2)18-14-29-21(26-18)13-25-22(23-3)24-12-16-9-10-19(20(11-16)27-4)28-17-7-5-6-8-17/h9-11,14-15,17H,5-8,12-13H2,1-4H3,(H2,23,24,25). The van der Waals surface area contributed by atoms with E-state index in [1.807, 2.05) is 12.1 Å². The summed E-state index contributed by atoms with van der Waals surface area (Å²) in [5, 5.41) is 9.86. The van der Waals surface area contributed by atoms with E-state index in [1.165, 1.54) is 12.8 Å². The van der Waals surface area contributed by atoms with Crippen molar-refractivity contribution >= 4 is 17.3 Å². The molecular weight excluding hydrogens is 384 g/mol. The van der Waals surface area contributed by atoms with Crippen LogP contribution >= 0.6 is 11.3 Å². The molecule has 1 aromatic heterocycles.